The number of hydrogen-bond acceptors (Lipinski definition) is 4. The van der Waals surface area contributed by atoms with E-state index in [2.05, 4.69) is 24.0 Å². The molecule has 0 unspecified atom stereocenters. The molecule has 4 heteroatoms. The zero-order valence-corrected chi connectivity index (χ0v) is 16.0. The molecule has 0 fully saturated rings. The Morgan fingerprint density at radius 2 is 2.20 bits per heavy atom. The van der Waals surface area contributed by atoms with Gasteiger partial charge in [-0.1, -0.05) is 25.8 Å². The predicted molar refractivity (Wildman–Crippen MR) is 103 cm³/mol. The van der Waals surface area contributed by atoms with Crippen molar-refractivity contribution < 1.29 is 9.84 Å². The third kappa shape index (κ3) is 3.06. The molecule has 25 heavy (non-hydrogen) atoms. The molecular formula is C21H27NO2S. The van der Waals surface area contributed by atoms with Crippen molar-refractivity contribution in [3.8, 4) is 11.5 Å². The van der Waals surface area contributed by atoms with Crippen molar-refractivity contribution in [2.75, 3.05) is 13.7 Å². The zero-order chi connectivity index (χ0) is 17.4. The van der Waals surface area contributed by atoms with Crippen LogP contribution in [-0.2, 0) is 25.8 Å². The molecule has 0 bridgehead atoms. The summed E-state index contributed by atoms with van der Waals surface area (Å²) in [6, 6.07) is 6.82. The van der Waals surface area contributed by atoms with Crippen LogP contribution in [0, 0.1) is 0 Å². The highest BCUT2D eigenvalue weighted by Gasteiger charge is 2.34. The van der Waals surface area contributed by atoms with Gasteiger partial charge < -0.3 is 9.84 Å². The van der Waals surface area contributed by atoms with Crippen LogP contribution < -0.4 is 4.74 Å². The second kappa shape index (κ2) is 7.00. The summed E-state index contributed by atoms with van der Waals surface area (Å²) in [7, 11) is 1.65. The number of rotatable bonds is 5. The van der Waals surface area contributed by atoms with Gasteiger partial charge >= 0.3 is 0 Å². The molecule has 2 aromatic rings. The van der Waals surface area contributed by atoms with Gasteiger partial charge in [0, 0.05) is 34.4 Å². The number of phenols is 1. The summed E-state index contributed by atoms with van der Waals surface area (Å²) in [5.74, 6) is 0.915. The number of aryl methyl sites for hydroxylation is 1. The van der Waals surface area contributed by atoms with E-state index >= 15 is 0 Å². The van der Waals surface area contributed by atoms with E-state index in [0.717, 1.165) is 25.9 Å². The molecule has 2 aliphatic heterocycles. The minimum atomic E-state index is 0.256. The molecule has 1 aromatic carbocycles. The van der Waals surface area contributed by atoms with Crippen LogP contribution in [0.1, 0.15) is 58.7 Å². The van der Waals surface area contributed by atoms with Gasteiger partial charge in [0.1, 0.15) is 0 Å². The third-order valence-electron chi connectivity index (χ3n) is 5.66. The highest BCUT2D eigenvalue weighted by molar-refractivity contribution is 7.12. The molecule has 0 amide bonds. The quantitative estimate of drug-likeness (QED) is 0.777. The van der Waals surface area contributed by atoms with Gasteiger partial charge in [0.05, 0.1) is 7.11 Å². The second-order valence-corrected chi connectivity index (χ2v) is 8.47. The zero-order valence-electron chi connectivity index (χ0n) is 15.2. The van der Waals surface area contributed by atoms with Crippen LogP contribution in [-0.4, -0.2) is 23.7 Å². The lowest BCUT2D eigenvalue weighted by Gasteiger charge is -2.40. The van der Waals surface area contributed by atoms with E-state index in [9.17, 15) is 5.11 Å². The van der Waals surface area contributed by atoms with Crippen LogP contribution in [0.25, 0.3) is 0 Å². The maximum atomic E-state index is 10.1. The van der Waals surface area contributed by atoms with E-state index in [1.54, 1.807) is 28.5 Å². The number of hydrogen-bond donors (Lipinski definition) is 1. The van der Waals surface area contributed by atoms with E-state index in [4.69, 9.17) is 4.74 Å². The van der Waals surface area contributed by atoms with Crippen LogP contribution in [0.2, 0.25) is 0 Å². The van der Waals surface area contributed by atoms with Crippen molar-refractivity contribution >= 4 is 11.3 Å². The molecule has 134 valence electrons. The van der Waals surface area contributed by atoms with Gasteiger partial charge in [0.25, 0.3) is 0 Å². The molecule has 2 aliphatic rings. The summed E-state index contributed by atoms with van der Waals surface area (Å²) < 4.78 is 5.48. The SMILES string of the molecule is CCCCCc1cc2c(s1)CCN1Cc3c(ccc(O)c3OC)C[C@@H]21. The van der Waals surface area contributed by atoms with E-state index in [1.165, 1.54) is 36.8 Å². The normalized spacial score (nSPS) is 19.2. The van der Waals surface area contributed by atoms with Gasteiger partial charge in [-0.05, 0) is 48.9 Å². The molecule has 1 atom stereocenters. The smallest absolute Gasteiger partial charge is 0.165 e. The molecule has 0 spiro atoms. The Morgan fingerprint density at radius 1 is 1.32 bits per heavy atom. The van der Waals surface area contributed by atoms with Gasteiger partial charge in [-0.15, -0.1) is 11.3 Å². The number of aromatic hydroxyl groups is 1. The number of benzene rings is 1. The van der Waals surface area contributed by atoms with Crippen LogP contribution >= 0.6 is 11.3 Å². The molecule has 1 N–H and O–H groups in total. The Balaban J connectivity index is 1.61. The lowest BCUT2D eigenvalue weighted by molar-refractivity contribution is 0.159. The van der Waals surface area contributed by atoms with Crippen LogP contribution in [0.4, 0.5) is 0 Å². The fourth-order valence-corrected chi connectivity index (χ4v) is 5.59. The van der Waals surface area contributed by atoms with Crippen molar-refractivity contribution in [2.24, 2.45) is 0 Å². The maximum absolute atomic E-state index is 10.1. The van der Waals surface area contributed by atoms with Gasteiger partial charge in [0.2, 0.25) is 0 Å². The first kappa shape index (κ1) is 16.9. The molecule has 0 saturated heterocycles. The average Bonchev–Trinajstić information content (AvgIpc) is 3.04. The minimum absolute atomic E-state index is 0.256. The Kier molecular flexibility index (Phi) is 4.74. The number of nitrogens with zero attached hydrogens (tertiary/aromatic N) is 1. The first-order valence-electron chi connectivity index (χ1n) is 9.44. The van der Waals surface area contributed by atoms with Crippen LogP contribution in [0.3, 0.4) is 0 Å². The number of ether oxygens (including phenoxy) is 1. The summed E-state index contributed by atoms with van der Waals surface area (Å²) >= 11 is 2.04. The van der Waals surface area contributed by atoms with E-state index < -0.39 is 0 Å². The maximum Gasteiger partial charge on any atom is 0.165 e. The van der Waals surface area contributed by atoms with Crippen molar-refractivity contribution in [2.45, 2.75) is 58.0 Å². The van der Waals surface area contributed by atoms with Crippen molar-refractivity contribution in [1.82, 2.24) is 4.90 Å². The lowest BCUT2D eigenvalue weighted by atomic mass is 9.86. The van der Waals surface area contributed by atoms with Crippen LogP contribution in [0.15, 0.2) is 18.2 Å². The highest BCUT2D eigenvalue weighted by Crippen LogP contribution is 2.45. The summed E-state index contributed by atoms with van der Waals surface area (Å²) in [4.78, 5) is 5.73. The molecule has 0 aliphatic carbocycles. The molecule has 0 saturated carbocycles. The molecule has 4 rings (SSSR count). The average molecular weight is 358 g/mol. The lowest BCUT2D eigenvalue weighted by Crippen LogP contribution is -2.38. The summed E-state index contributed by atoms with van der Waals surface area (Å²) in [5.41, 5.74) is 4.04. The Bertz CT molecular complexity index is 767. The first-order valence-corrected chi connectivity index (χ1v) is 10.3. The summed E-state index contributed by atoms with van der Waals surface area (Å²) in [5, 5.41) is 10.1. The number of phenolic OH excluding ortho intramolecular Hbond substituents is 1. The molecule has 3 nitrogen and oxygen atoms in total. The highest BCUT2D eigenvalue weighted by atomic mass is 32.1. The van der Waals surface area contributed by atoms with Crippen molar-refractivity contribution in [3.05, 3.63) is 44.6 Å². The topological polar surface area (TPSA) is 32.7 Å². The number of unbranched alkanes of at least 4 members (excludes halogenated alkanes) is 2. The van der Waals surface area contributed by atoms with Crippen LogP contribution in [0.5, 0.6) is 11.5 Å². The second-order valence-electron chi connectivity index (χ2n) is 7.24. The van der Waals surface area contributed by atoms with Gasteiger partial charge in [-0.3, -0.25) is 4.90 Å². The number of fused-ring (bicyclic) bond motifs is 4. The van der Waals surface area contributed by atoms with Gasteiger partial charge in [-0.2, -0.15) is 0 Å². The summed E-state index contributed by atoms with van der Waals surface area (Å²) in [6.45, 7) is 4.24. The van der Waals surface area contributed by atoms with Gasteiger partial charge in [-0.25, -0.2) is 0 Å². The standard InChI is InChI=1S/C21H27NO2S/c1-3-4-5-6-15-12-16-18-11-14-7-8-19(23)21(24-2)17(14)13-22(18)10-9-20(16)25-15/h7-8,12,18,23H,3-6,9-11,13H2,1-2H3/t18-/m0/s1. The third-order valence-corrected chi connectivity index (χ3v) is 6.93. The predicted octanol–water partition coefficient (Wildman–Crippen LogP) is 4.85. The molecular weight excluding hydrogens is 330 g/mol. The Labute approximate surface area is 154 Å². The Hall–Kier alpha value is -1.52. The van der Waals surface area contributed by atoms with Crippen molar-refractivity contribution in [3.63, 3.8) is 0 Å². The van der Waals surface area contributed by atoms with E-state index in [0.29, 0.717) is 11.8 Å². The molecule has 3 heterocycles. The van der Waals surface area contributed by atoms with Gasteiger partial charge in [0.15, 0.2) is 11.5 Å². The van der Waals surface area contributed by atoms with Crippen molar-refractivity contribution in [1.29, 1.82) is 0 Å². The fourth-order valence-electron chi connectivity index (χ4n) is 4.34. The molecule has 1 aromatic heterocycles. The monoisotopic (exact) mass is 357 g/mol. The fraction of sp³-hybridized carbons (Fsp3) is 0.524. The van der Waals surface area contributed by atoms with E-state index in [1.807, 2.05) is 11.3 Å². The number of thiophene rings is 1. The number of methoxy groups -OCH3 is 1. The largest absolute Gasteiger partial charge is 0.504 e. The Morgan fingerprint density at radius 3 is 3.00 bits per heavy atom. The molecule has 0 radical (unpaired) electrons. The minimum Gasteiger partial charge on any atom is -0.504 e. The first-order chi connectivity index (χ1) is 12.2. The van der Waals surface area contributed by atoms with E-state index in [-0.39, 0.29) is 5.75 Å². The summed E-state index contributed by atoms with van der Waals surface area (Å²) in [6.07, 6.45) is 7.33.